The Labute approximate surface area is 283 Å². The Morgan fingerprint density at radius 2 is 0.820 bits per heavy atom. The fourth-order valence-electron chi connectivity index (χ4n) is 5.31. The molecule has 0 aromatic heterocycles. The van der Waals surface area contributed by atoms with Crippen molar-refractivity contribution in [3.8, 4) is 0 Å². The van der Waals surface area contributed by atoms with E-state index in [9.17, 15) is 79.2 Å². The second kappa shape index (κ2) is 23.0. The van der Waals surface area contributed by atoms with Crippen LogP contribution in [0.15, 0.2) is 0 Å². The molecule has 24 heteroatoms. The van der Waals surface area contributed by atoms with E-state index in [1.54, 1.807) is 0 Å². The van der Waals surface area contributed by atoms with Gasteiger partial charge in [-0.25, -0.2) is 0 Å². The van der Waals surface area contributed by atoms with Crippen LogP contribution in [0, 0.1) is 0 Å². The minimum Gasteiger partial charge on any atom is -0.480 e. The number of carboxylic acids is 8. The number of rotatable bonds is 31. The van der Waals surface area contributed by atoms with Crippen LogP contribution in [0.4, 0.5) is 0 Å². The Kier molecular flexibility index (Phi) is 20.9. The summed E-state index contributed by atoms with van der Waals surface area (Å²) in [6, 6.07) is -4.22. The second-order valence-corrected chi connectivity index (χ2v) is 10.6. The monoisotopic (exact) mass is 728 g/mol. The number of hydrogen-bond donors (Lipinski definition) is 10. The van der Waals surface area contributed by atoms with Crippen LogP contribution >= 0.6 is 0 Å². The van der Waals surface area contributed by atoms with Crippen molar-refractivity contribution in [3.63, 3.8) is 0 Å². The van der Waals surface area contributed by atoms with Gasteiger partial charge in [-0.3, -0.25) is 58.0 Å². The maximum atomic E-state index is 13.9. The van der Waals surface area contributed by atoms with E-state index in [2.05, 4.69) is 0 Å². The molecule has 2 atom stereocenters. The van der Waals surface area contributed by atoms with Crippen molar-refractivity contribution >= 4 is 47.8 Å². The molecule has 286 valence electrons. The highest BCUT2D eigenvalue weighted by molar-refractivity contribution is 5.84. The summed E-state index contributed by atoms with van der Waals surface area (Å²) in [6.45, 7) is -12.8. The summed E-state index contributed by atoms with van der Waals surface area (Å²) in [7, 11) is 0. The van der Waals surface area contributed by atoms with Crippen LogP contribution < -0.4 is 11.5 Å². The highest BCUT2D eigenvalue weighted by Gasteiger charge is 2.61. The molecule has 2 unspecified atom stereocenters. The molecule has 0 saturated heterocycles. The van der Waals surface area contributed by atoms with E-state index in [-0.39, 0.29) is 26.3 Å². The predicted molar refractivity (Wildman–Crippen MR) is 162 cm³/mol. The molecule has 0 radical (unpaired) electrons. The van der Waals surface area contributed by atoms with E-state index in [0.717, 1.165) is 4.90 Å². The van der Waals surface area contributed by atoms with Crippen molar-refractivity contribution in [1.29, 1.82) is 0 Å². The van der Waals surface area contributed by atoms with Gasteiger partial charge in [-0.2, -0.15) is 0 Å². The Bertz CT molecular complexity index is 1090. The summed E-state index contributed by atoms with van der Waals surface area (Å²) in [4.78, 5) is 99.8. The van der Waals surface area contributed by atoms with Crippen LogP contribution in [-0.4, -0.2) is 224 Å². The minimum atomic E-state index is -3.10. The lowest BCUT2D eigenvalue weighted by atomic mass is 9.78. The molecule has 0 bridgehead atoms. The summed E-state index contributed by atoms with van der Waals surface area (Å²) < 4.78 is 11.0. The number of carbonyl (C=O) groups is 8. The average molecular weight is 729 g/mol. The Balaban J connectivity index is 8.37. The van der Waals surface area contributed by atoms with Crippen molar-refractivity contribution in [1.82, 2.24) is 19.6 Å². The molecule has 0 aromatic carbocycles. The molecule has 0 heterocycles. The summed E-state index contributed by atoms with van der Waals surface area (Å²) >= 11 is 0. The fourth-order valence-corrected chi connectivity index (χ4v) is 5.31. The first kappa shape index (κ1) is 45.4. The molecule has 0 rings (SSSR count). The van der Waals surface area contributed by atoms with Crippen molar-refractivity contribution < 1.29 is 88.7 Å². The molecule has 12 N–H and O–H groups in total. The molecule has 0 amide bonds. The van der Waals surface area contributed by atoms with Crippen molar-refractivity contribution in [2.24, 2.45) is 11.5 Å². The molecular formula is C26H44N6O18. The third-order valence-electron chi connectivity index (χ3n) is 6.92. The first-order valence-electron chi connectivity index (χ1n) is 14.6. The second-order valence-electron chi connectivity index (χ2n) is 10.6. The van der Waals surface area contributed by atoms with Crippen LogP contribution in [0.5, 0.6) is 0 Å². The lowest BCUT2D eigenvalue weighted by Gasteiger charge is -2.54. The van der Waals surface area contributed by atoms with Gasteiger partial charge >= 0.3 is 47.8 Å². The van der Waals surface area contributed by atoms with Gasteiger partial charge in [-0.1, -0.05) is 0 Å². The number of nitrogens with two attached hydrogens (primary N) is 2. The largest absolute Gasteiger partial charge is 0.480 e. The zero-order chi connectivity index (χ0) is 38.6. The molecule has 0 aliphatic heterocycles. The minimum absolute atomic E-state index is 0.212. The van der Waals surface area contributed by atoms with E-state index in [4.69, 9.17) is 20.9 Å². The zero-order valence-corrected chi connectivity index (χ0v) is 26.9. The Morgan fingerprint density at radius 3 is 1.08 bits per heavy atom. The summed E-state index contributed by atoms with van der Waals surface area (Å²) in [5.41, 5.74) is 7.90. The highest BCUT2D eigenvalue weighted by atomic mass is 16.5. The molecule has 0 saturated carbocycles. The van der Waals surface area contributed by atoms with E-state index in [0.29, 0.717) is 14.7 Å². The van der Waals surface area contributed by atoms with Gasteiger partial charge in [0.2, 0.25) is 0 Å². The van der Waals surface area contributed by atoms with E-state index in [1.807, 2.05) is 0 Å². The van der Waals surface area contributed by atoms with Crippen molar-refractivity contribution in [2.75, 3.05) is 98.4 Å². The Morgan fingerprint density at radius 1 is 0.500 bits per heavy atom. The number of hydrogen-bond acceptors (Lipinski definition) is 16. The number of ether oxygens (including phenoxy) is 2. The number of aliphatic carboxylic acids is 8. The van der Waals surface area contributed by atoms with Gasteiger partial charge in [0, 0.05) is 26.2 Å². The van der Waals surface area contributed by atoms with Gasteiger partial charge in [-0.15, -0.1) is 0 Å². The topological polar surface area (TPSA) is 382 Å². The first-order chi connectivity index (χ1) is 23.3. The summed E-state index contributed by atoms with van der Waals surface area (Å²) in [6.07, 6.45) is 0. The number of nitrogens with zero attached hydrogens (tertiary/aromatic N) is 4. The van der Waals surface area contributed by atoms with Crippen molar-refractivity contribution in [3.05, 3.63) is 0 Å². The highest BCUT2D eigenvalue weighted by Crippen LogP contribution is 2.33. The molecule has 0 spiro atoms. The lowest BCUT2D eigenvalue weighted by molar-refractivity contribution is -0.182. The maximum absolute atomic E-state index is 13.9. The SMILES string of the molecule is NCCOCC(N(CC(=O)O)CC(=O)O)C(C(=O)O)(C(COCCN)N(CC(=O)O)CC(=O)O)N(CCN(CC(=O)O)CC(=O)O)CC(=O)O. The van der Waals surface area contributed by atoms with Gasteiger partial charge in [0.05, 0.1) is 84.3 Å². The van der Waals surface area contributed by atoms with Crippen molar-refractivity contribution in [2.45, 2.75) is 17.6 Å². The predicted octanol–water partition coefficient (Wildman–Crippen LogP) is -5.70. The summed E-state index contributed by atoms with van der Waals surface area (Å²) in [5.74, 6) is -13.8. The van der Waals surface area contributed by atoms with Crippen LogP contribution in [0.1, 0.15) is 0 Å². The van der Waals surface area contributed by atoms with Crippen LogP contribution in [0.2, 0.25) is 0 Å². The molecule has 0 fully saturated rings. The standard InChI is InChI=1S/C26H44N6O18/c27-1-5-49-14-16(30(9-20(37)38)10-21(39)40)26(25(47)48,17(15-50-6-2-28)31(11-22(41)42)12-23(43)44)32(13-24(45)46)4-3-29(7-18(33)34)8-19(35)36/h16-17H,1-15,27-28H2,(H,33,34)(H,35,36)(H,37,38)(H,39,40)(H,41,42)(H,43,44)(H,45,46)(H,47,48). The van der Waals surface area contributed by atoms with Gasteiger partial charge in [-0.05, 0) is 0 Å². The molecular weight excluding hydrogens is 684 g/mol. The molecule has 0 aliphatic carbocycles. The van der Waals surface area contributed by atoms with E-state index >= 15 is 0 Å². The Hall–Kier alpha value is -4.56. The molecule has 0 aliphatic rings. The average Bonchev–Trinajstić information content (AvgIpc) is 2.95. The van der Waals surface area contributed by atoms with Gasteiger partial charge in [0.15, 0.2) is 5.54 Å². The normalized spacial score (nSPS) is 14.0. The molecule has 24 nitrogen and oxygen atoms in total. The maximum Gasteiger partial charge on any atom is 0.327 e. The lowest BCUT2D eigenvalue weighted by Crippen LogP contribution is -2.78. The third kappa shape index (κ3) is 15.8. The van der Waals surface area contributed by atoms with Crippen LogP contribution in [-0.2, 0) is 47.8 Å². The molecule has 50 heavy (non-hydrogen) atoms. The van der Waals surface area contributed by atoms with Gasteiger partial charge < -0.3 is 61.8 Å². The zero-order valence-electron chi connectivity index (χ0n) is 26.9. The van der Waals surface area contributed by atoms with Gasteiger partial charge in [0.25, 0.3) is 0 Å². The first-order valence-corrected chi connectivity index (χ1v) is 14.6. The number of carboxylic acid groups (broad SMARTS) is 8. The molecule has 0 aromatic rings. The smallest absolute Gasteiger partial charge is 0.327 e. The fraction of sp³-hybridized carbons (Fsp3) is 0.692. The van der Waals surface area contributed by atoms with E-state index < -0.39 is 137 Å². The van der Waals surface area contributed by atoms with Crippen LogP contribution in [0.25, 0.3) is 0 Å². The summed E-state index contributed by atoms with van der Waals surface area (Å²) in [5, 5.41) is 78.8. The third-order valence-corrected chi connectivity index (χ3v) is 6.92. The van der Waals surface area contributed by atoms with E-state index in [1.165, 1.54) is 0 Å². The van der Waals surface area contributed by atoms with Crippen LogP contribution in [0.3, 0.4) is 0 Å². The van der Waals surface area contributed by atoms with Gasteiger partial charge in [0.1, 0.15) is 0 Å². The quantitative estimate of drug-likeness (QED) is 0.0297.